The van der Waals surface area contributed by atoms with Gasteiger partial charge in [-0.1, -0.05) is 24.4 Å². The lowest BCUT2D eigenvalue weighted by atomic mass is 10.1. The highest BCUT2D eigenvalue weighted by Crippen LogP contribution is 2.24. The molecule has 7 nitrogen and oxygen atoms in total. The fraction of sp³-hybridized carbons (Fsp3) is 0.500. The Balaban J connectivity index is 2.32. The van der Waals surface area contributed by atoms with Crippen molar-refractivity contribution in [3.8, 4) is 0 Å². The molecule has 0 saturated heterocycles. The van der Waals surface area contributed by atoms with Crippen molar-refractivity contribution in [2.45, 2.75) is 32.1 Å². The molecule has 0 radical (unpaired) electrons. The molecule has 0 amide bonds. The van der Waals surface area contributed by atoms with Crippen molar-refractivity contribution in [3.63, 3.8) is 0 Å². The Morgan fingerprint density at radius 3 is 2.75 bits per heavy atom. The highest BCUT2D eigenvalue weighted by atomic mass is 35.5. The number of aliphatic carboxylic acids is 1. The number of nitro groups is 1. The summed E-state index contributed by atoms with van der Waals surface area (Å²) in [5.41, 5.74) is -0.150. The largest absolute Gasteiger partial charge is 0.481 e. The molecular formula is C12H16ClN3O4. The van der Waals surface area contributed by atoms with Gasteiger partial charge >= 0.3 is 11.7 Å². The Hall–Kier alpha value is -1.89. The molecule has 20 heavy (non-hydrogen) atoms. The molecule has 0 aliphatic carbocycles. The van der Waals surface area contributed by atoms with Crippen molar-refractivity contribution in [3.05, 3.63) is 27.4 Å². The van der Waals surface area contributed by atoms with Crippen LogP contribution in [0.2, 0.25) is 5.02 Å². The monoisotopic (exact) mass is 301 g/mol. The zero-order valence-electron chi connectivity index (χ0n) is 10.8. The van der Waals surface area contributed by atoms with Crippen LogP contribution in [0.5, 0.6) is 0 Å². The molecule has 0 fully saturated rings. The van der Waals surface area contributed by atoms with Gasteiger partial charge in [0, 0.05) is 25.2 Å². The zero-order chi connectivity index (χ0) is 15.0. The first-order chi connectivity index (χ1) is 9.50. The molecule has 8 heteroatoms. The summed E-state index contributed by atoms with van der Waals surface area (Å²) < 4.78 is 0. The van der Waals surface area contributed by atoms with Gasteiger partial charge in [0.05, 0.1) is 9.95 Å². The molecule has 2 N–H and O–H groups in total. The van der Waals surface area contributed by atoms with Crippen LogP contribution in [0.15, 0.2) is 12.3 Å². The fourth-order valence-electron chi connectivity index (χ4n) is 1.67. The zero-order valence-corrected chi connectivity index (χ0v) is 11.6. The molecule has 0 atom stereocenters. The SMILES string of the molecule is O=C(O)CCCCCCNc1ncc(Cl)cc1[N+](=O)[O-]. The van der Waals surface area contributed by atoms with Crippen LogP contribution >= 0.6 is 11.6 Å². The third-order valence-electron chi connectivity index (χ3n) is 2.64. The van der Waals surface area contributed by atoms with Gasteiger partial charge in [-0.15, -0.1) is 0 Å². The molecule has 0 bridgehead atoms. The number of carboxylic acid groups (broad SMARTS) is 1. The van der Waals surface area contributed by atoms with Crippen LogP contribution in [-0.2, 0) is 4.79 Å². The van der Waals surface area contributed by atoms with Gasteiger partial charge in [-0.3, -0.25) is 14.9 Å². The van der Waals surface area contributed by atoms with Crippen molar-refractivity contribution in [1.82, 2.24) is 4.98 Å². The van der Waals surface area contributed by atoms with Crippen LogP contribution in [0.4, 0.5) is 11.5 Å². The topological polar surface area (TPSA) is 105 Å². The van der Waals surface area contributed by atoms with E-state index in [0.29, 0.717) is 13.0 Å². The summed E-state index contributed by atoms with van der Waals surface area (Å²) in [6.45, 7) is 0.544. The number of hydrogen-bond donors (Lipinski definition) is 2. The third kappa shape index (κ3) is 5.83. The van der Waals surface area contributed by atoms with E-state index >= 15 is 0 Å². The number of anilines is 1. The minimum atomic E-state index is -0.788. The van der Waals surface area contributed by atoms with Crippen molar-refractivity contribution >= 4 is 29.1 Å². The van der Waals surface area contributed by atoms with Crippen molar-refractivity contribution < 1.29 is 14.8 Å². The summed E-state index contributed by atoms with van der Waals surface area (Å²) in [4.78, 5) is 24.5. The average molecular weight is 302 g/mol. The molecule has 1 rings (SSSR count). The molecule has 0 aliphatic rings. The summed E-state index contributed by atoms with van der Waals surface area (Å²) in [5, 5.41) is 22.4. The van der Waals surface area contributed by atoms with Crippen molar-refractivity contribution in [1.29, 1.82) is 0 Å². The van der Waals surface area contributed by atoms with Crippen LogP contribution < -0.4 is 5.32 Å². The average Bonchev–Trinajstić information content (AvgIpc) is 2.38. The van der Waals surface area contributed by atoms with E-state index < -0.39 is 10.9 Å². The van der Waals surface area contributed by atoms with E-state index in [1.54, 1.807) is 0 Å². The first-order valence-corrected chi connectivity index (χ1v) is 6.64. The number of nitrogens with zero attached hydrogens (tertiary/aromatic N) is 2. The lowest BCUT2D eigenvalue weighted by molar-refractivity contribution is -0.384. The molecule has 0 saturated carbocycles. The number of nitrogens with one attached hydrogen (secondary N) is 1. The standard InChI is InChI=1S/C12H16ClN3O4/c13-9-7-10(16(19)20)12(15-8-9)14-6-4-2-1-3-5-11(17)18/h7-8H,1-6H2,(H,14,15)(H,17,18). The predicted molar refractivity (Wildman–Crippen MR) is 75.1 cm³/mol. The normalized spacial score (nSPS) is 10.2. The van der Waals surface area contributed by atoms with Crippen molar-refractivity contribution in [2.24, 2.45) is 0 Å². The Kier molecular flexibility index (Phi) is 6.72. The Morgan fingerprint density at radius 1 is 1.40 bits per heavy atom. The second kappa shape index (κ2) is 8.31. The number of carbonyl (C=O) groups is 1. The minimum absolute atomic E-state index is 0.150. The number of pyridine rings is 1. The van der Waals surface area contributed by atoms with Gasteiger partial charge in [-0.05, 0) is 12.8 Å². The molecule has 1 heterocycles. The van der Waals surface area contributed by atoms with Gasteiger partial charge in [0.25, 0.3) is 0 Å². The maximum absolute atomic E-state index is 10.8. The summed E-state index contributed by atoms with van der Waals surface area (Å²) in [6, 6.07) is 1.25. The van der Waals surface area contributed by atoms with Gasteiger partial charge < -0.3 is 10.4 Å². The van der Waals surface area contributed by atoms with Gasteiger partial charge in [-0.25, -0.2) is 4.98 Å². The van der Waals surface area contributed by atoms with E-state index in [2.05, 4.69) is 10.3 Å². The van der Waals surface area contributed by atoms with Crippen molar-refractivity contribution in [2.75, 3.05) is 11.9 Å². The van der Waals surface area contributed by atoms with E-state index in [9.17, 15) is 14.9 Å². The summed E-state index contributed by atoms with van der Waals surface area (Å²) in [7, 11) is 0. The number of hydrogen-bond acceptors (Lipinski definition) is 5. The molecule has 110 valence electrons. The van der Waals surface area contributed by atoms with Gasteiger partial charge in [0.15, 0.2) is 0 Å². The lowest BCUT2D eigenvalue weighted by Crippen LogP contribution is -2.06. The molecular weight excluding hydrogens is 286 g/mol. The lowest BCUT2D eigenvalue weighted by Gasteiger charge is -2.06. The Bertz CT molecular complexity index is 482. The van der Waals surface area contributed by atoms with Crippen LogP contribution in [0.25, 0.3) is 0 Å². The maximum Gasteiger partial charge on any atom is 0.312 e. The van der Waals surface area contributed by atoms with Crippen LogP contribution in [-0.4, -0.2) is 27.5 Å². The van der Waals surface area contributed by atoms with E-state index in [4.69, 9.17) is 16.7 Å². The Morgan fingerprint density at radius 2 is 2.10 bits per heavy atom. The summed E-state index contributed by atoms with van der Waals surface area (Å²) in [6.07, 6.45) is 4.66. The highest BCUT2D eigenvalue weighted by molar-refractivity contribution is 6.30. The molecule has 0 unspecified atom stereocenters. The molecule has 0 aliphatic heterocycles. The number of halogens is 1. The Labute approximate surface area is 121 Å². The minimum Gasteiger partial charge on any atom is -0.481 e. The molecule has 0 spiro atoms. The first-order valence-electron chi connectivity index (χ1n) is 6.26. The molecule has 1 aromatic rings. The smallest absolute Gasteiger partial charge is 0.312 e. The van der Waals surface area contributed by atoms with E-state index in [0.717, 1.165) is 19.3 Å². The highest BCUT2D eigenvalue weighted by Gasteiger charge is 2.15. The predicted octanol–water partition coefficient (Wildman–Crippen LogP) is 3.09. The van der Waals surface area contributed by atoms with Crippen LogP contribution in [0, 0.1) is 10.1 Å². The first kappa shape index (κ1) is 16.2. The fourth-order valence-corrected chi connectivity index (χ4v) is 1.82. The summed E-state index contributed by atoms with van der Waals surface area (Å²) >= 11 is 5.66. The van der Waals surface area contributed by atoms with Crippen LogP contribution in [0.1, 0.15) is 32.1 Å². The van der Waals surface area contributed by atoms with E-state index in [1.807, 2.05) is 0 Å². The van der Waals surface area contributed by atoms with E-state index in [-0.39, 0.29) is 22.9 Å². The number of rotatable bonds is 9. The second-order valence-electron chi connectivity index (χ2n) is 4.26. The van der Waals surface area contributed by atoms with Gasteiger partial charge in [-0.2, -0.15) is 0 Å². The number of aromatic nitrogens is 1. The summed E-state index contributed by atoms with van der Waals surface area (Å²) in [5.74, 6) is -0.589. The van der Waals surface area contributed by atoms with Crippen LogP contribution in [0.3, 0.4) is 0 Å². The number of carboxylic acids is 1. The molecule has 1 aromatic heterocycles. The van der Waals surface area contributed by atoms with Gasteiger partial charge in [0.1, 0.15) is 0 Å². The molecule has 0 aromatic carbocycles. The third-order valence-corrected chi connectivity index (χ3v) is 2.85. The maximum atomic E-state index is 10.8. The van der Waals surface area contributed by atoms with Gasteiger partial charge in [0.2, 0.25) is 5.82 Å². The quantitative estimate of drug-likeness (QED) is 0.412. The van der Waals surface area contributed by atoms with E-state index in [1.165, 1.54) is 12.3 Å². The number of unbranched alkanes of at least 4 members (excludes halogenated alkanes) is 3. The second-order valence-corrected chi connectivity index (χ2v) is 4.70.